The van der Waals surface area contributed by atoms with Gasteiger partial charge in [0.15, 0.2) is 5.65 Å². The highest BCUT2D eigenvalue weighted by molar-refractivity contribution is 7.20. The van der Waals surface area contributed by atoms with E-state index in [4.69, 9.17) is 4.74 Å². The fourth-order valence-electron chi connectivity index (χ4n) is 3.68. The Labute approximate surface area is 198 Å². The number of amides is 1. The molecule has 4 aromatic rings. The molecule has 1 amide bonds. The molecule has 0 saturated heterocycles. The number of aromatic nitrogens is 3. The van der Waals surface area contributed by atoms with Crippen molar-refractivity contribution in [3.8, 4) is 0 Å². The largest absolute Gasteiger partial charge is 0.462 e. The second-order valence-corrected chi connectivity index (χ2v) is 9.07. The quantitative estimate of drug-likeness (QED) is 0.404. The third kappa shape index (κ3) is 4.24. The monoisotopic (exact) mass is 480 g/mol. The summed E-state index contributed by atoms with van der Waals surface area (Å²) in [7, 11) is 0. The molecule has 0 fully saturated rings. The highest BCUT2D eigenvalue weighted by Crippen LogP contribution is 2.29. The first-order valence-electron chi connectivity index (χ1n) is 10.9. The van der Waals surface area contributed by atoms with E-state index in [0.29, 0.717) is 22.8 Å². The molecule has 9 nitrogen and oxygen atoms in total. The molecule has 0 aliphatic heterocycles. The minimum Gasteiger partial charge on any atom is -0.462 e. The first kappa shape index (κ1) is 23.4. The molecule has 0 radical (unpaired) electrons. The number of carbonyl (C=O) groups is 2. The van der Waals surface area contributed by atoms with E-state index < -0.39 is 17.2 Å². The normalized spacial score (nSPS) is 11.3. The lowest BCUT2D eigenvalue weighted by atomic mass is 10.0. The molecule has 10 heteroatoms. The average molecular weight is 481 g/mol. The summed E-state index contributed by atoms with van der Waals surface area (Å²) in [6.45, 7) is 7.93. The topological polar surface area (TPSA) is 123 Å². The lowest BCUT2D eigenvalue weighted by molar-refractivity contribution is 0.0532. The van der Waals surface area contributed by atoms with E-state index in [0.717, 1.165) is 10.1 Å². The van der Waals surface area contributed by atoms with Crippen LogP contribution in [0.15, 0.2) is 39.9 Å². The van der Waals surface area contributed by atoms with Crippen molar-refractivity contribution in [1.82, 2.24) is 14.5 Å². The van der Waals surface area contributed by atoms with Gasteiger partial charge in [-0.2, -0.15) is 0 Å². The Morgan fingerprint density at radius 1 is 1.18 bits per heavy atom. The summed E-state index contributed by atoms with van der Waals surface area (Å²) >= 11 is 1.31. The number of esters is 1. The Kier molecular flexibility index (Phi) is 6.34. The van der Waals surface area contributed by atoms with Crippen LogP contribution in [0, 0.1) is 0 Å². The lowest BCUT2D eigenvalue weighted by Gasteiger charge is -2.14. The summed E-state index contributed by atoms with van der Waals surface area (Å²) in [5.74, 6) is -0.916. The molecule has 0 aliphatic carbocycles. The van der Waals surface area contributed by atoms with Gasteiger partial charge in [-0.05, 0) is 55.5 Å². The SMILES string of the molecule is CCOC(=O)c1cc2cc(NC(=O)c3cc(C(C)C)nc4c3c(=O)[nH]c(=O)n4CC)ccc2s1. The van der Waals surface area contributed by atoms with Crippen LogP contribution < -0.4 is 16.6 Å². The zero-order valence-corrected chi connectivity index (χ0v) is 20.0. The summed E-state index contributed by atoms with van der Waals surface area (Å²) in [4.78, 5) is 57.6. The number of pyridine rings is 1. The van der Waals surface area contributed by atoms with E-state index in [9.17, 15) is 19.2 Å². The standard InChI is InChI=1S/C24H24N4O5S/c1-5-28-20-19(22(30)27-24(28)32)15(11-16(26-20)12(3)4)21(29)25-14-7-8-17-13(9-14)10-18(34-17)23(31)33-6-2/h7-12H,5-6H2,1-4H3,(H,25,29)(H,27,30,32). The fraction of sp³-hybridized carbons (Fsp3) is 0.292. The summed E-state index contributed by atoms with van der Waals surface area (Å²) in [5, 5.41) is 3.68. The third-order valence-electron chi connectivity index (χ3n) is 5.37. The highest BCUT2D eigenvalue weighted by Gasteiger charge is 2.20. The molecule has 0 saturated carbocycles. The molecule has 0 aliphatic rings. The van der Waals surface area contributed by atoms with Gasteiger partial charge in [0.05, 0.1) is 17.6 Å². The number of H-pyrrole nitrogens is 1. The first-order chi connectivity index (χ1) is 16.2. The maximum Gasteiger partial charge on any atom is 0.348 e. The van der Waals surface area contributed by atoms with Crippen LogP contribution in [-0.4, -0.2) is 33.0 Å². The third-order valence-corrected chi connectivity index (χ3v) is 6.47. The number of aromatic amines is 1. The zero-order chi connectivity index (χ0) is 24.6. The number of aryl methyl sites for hydroxylation is 1. The molecule has 0 bridgehead atoms. The van der Waals surface area contributed by atoms with Crippen molar-refractivity contribution in [2.24, 2.45) is 0 Å². The van der Waals surface area contributed by atoms with Crippen molar-refractivity contribution in [3.05, 3.63) is 67.3 Å². The molecule has 176 valence electrons. The Bertz CT molecular complexity index is 1550. The minimum absolute atomic E-state index is 0.0286. The number of benzene rings is 1. The smallest absolute Gasteiger partial charge is 0.348 e. The Morgan fingerprint density at radius 2 is 1.94 bits per heavy atom. The first-order valence-corrected chi connectivity index (χ1v) is 11.7. The number of hydrogen-bond acceptors (Lipinski definition) is 7. The summed E-state index contributed by atoms with van der Waals surface area (Å²) in [5.41, 5.74) is 0.180. The molecular formula is C24H24N4O5S. The van der Waals surface area contributed by atoms with Crippen LogP contribution in [0.3, 0.4) is 0 Å². The number of thiophene rings is 1. The molecule has 3 heterocycles. The van der Waals surface area contributed by atoms with Crippen molar-refractivity contribution < 1.29 is 14.3 Å². The Hall–Kier alpha value is -3.79. The van der Waals surface area contributed by atoms with Crippen LogP contribution in [0.1, 0.15) is 59.3 Å². The van der Waals surface area contributed by atoms with E-state index in [2.05, 4.69) is 15.3 Å². The van der Waals surface area contributed by atoms with Crippen LogP contribution >= 0.6 is 11.3 Å². The van der Waals surface area contributed by atoms with E-state index in [1.807, 2.05) is 19.9 Å². The maximum absolute atomic E-state index is 13.3. The van der Waals surface area contributed by atoms with Crippen LogP contribution in [0.5, 0.6) is 0 Å². The van der Waals surface area contributed by atoms with Crippen molar-refractivity contribution in [1.29, 1.82) is 0 Å². The van der Waals surface area contributed by atoms with Crippen molar-refractivity contribution in [3.63, 3.8) is 0 Å². The summed E-state index contributed by atoms with van der Waals surface area (Å²) < 4.78 is 7.28. The molecule has 2 N–H and O–H groups in total. The van der Waals surface area contributed by atoms with Crippen molar-refractivity contribution in [2.45, 2.75) is 40.2 Å². The number of rotatable bonds is 6. The van der Waals surface area contributed by atoms with Gasteiger partial charge in [0.25, 0.3) is 11.5 Å². The van der Waals surface area contributed by atoms with Crippen LogP contribution in [0.25, 0.3) is 21.1 Å². The van der Waals surface area contributed by atoms with E-state index >= 15 is 0 Å². The maximum atomic E-state index is 13.3. The summed E-state index contributed by atoms with van der Waals surface area (Å²) in [6.07, 6.45) is 0. The van der Waals surface area contributed by atoms with Crippen LogP contribution in [-0.2, 0) is 11.3 Å². The van der Waals surface area contributed by atoms with Gasteiger partial charge in [-0.3, -0.25) is 19.1 Å². The molecule has 34 heavy (non-hydrogen) atoms. The second kappa shape index (κ2) is 9.22. The van der Waals surface area contributed by atoms with E-state index in [1.165, 1.54) is 15.9 Å². The number of anilines is 1. The van der Waals surface area contributed by atoms with Gasteiger partial charge in [0, 0.05) is 22.6 Å². The van der Waals surface area contributed by atoms with Crippen LogP contribution in [0.4, 0.5) is 5.69 Å². The number of nitrogens with zero attached hydrogens (tertiary/aromatic N) is 2. The molecular weight excluding hydrogens is 456 g/mol. The van der Waals surface area contributed by atoms with E-state index in [-0.39, 0.29) is 35.1 Å². The molecule has 0 spiro atoms. The van der Waals surface area contributed by atoms with Crippen molar-refractivity contribution >= 4 is 50.0 Å². The zero-order valence-electron chi connectivity index (χ0n) is 19.2. The van der Waals surface area contributed by atoms with Gasteiger partial charge >= 0.3 is 11.7 Å². The number of hydrogen-bond donors (Lipinski definition) is 2. The minimum atomic E-state index is -0.662. The van der Waals surface area contributed by atoms with Crippen molar-refractivity contribution in [2.75, 3.05) is 11.9 Å². The Morgan fingerprint density at radius 3 is 2.62 bits per heavy atom. The number of fused-ring (bicyclic) bond motifs is 2. The fourth-order valence-corrected chi connectivity index (χ4v) is 4.62. The van der Waals surface area contributed by atoms with Gasteiger partial charge in [-0.15, -0.1) is 11.3 Å². The molecule has 4 rings (SSSR count). The average Bonchev–Trinajstić information content (AvgIpc) is 3.22. The predicted octanol–water partition coefficient (Wildman–Crippen LogP) is 3.87. The van der Waals surface area contributed by atoms with Gasteiger partial charge < -0.3 is 10.1 Å². The van der Waals surface area contributed by atoms with Crippen LogP contribution in [0.2, 0.25) is 0 Å². The molecule has 0 unspecified atom stereocenters. The molecule has 3 aromatic heterocycles. The van der Waals surface area contributed by atoms with Gasteiger partial charge in [0.2, 0.25) is 0 Å². The van der Waals surface area contributed by atoms with Gasteiger partial charge in [-0.1, -0.05) is 13.8 Å². The summed E-state index contributed by atoms with van der Waals surface area (Å²) in [6, 6.07) is 8.60. The predicted molar refractivity (Wildman–Crippen MR) is 132 cm³/mol. The van der Waals surface area contributed by atoms with Gasteiger partial charge in [-0.25, -0.2) is 14.6 Å². The lowest BCUT2D eigenvalue weighted by Crippen LogP contribution is -2.32. The second-order valence-electron chi connectivity index (χ2n) is 7.99. The number of ether oxygens (including phenoxy) is 1. The highest BCUT2D eigenvalue weighted by atomic mass is 32.1. The number of carbonyl (C=O) groups excluding carboxylic acids is 2. The Balaban J connectivity index is 1.78. The van der Waals surface area contributed by atoms with Gasteiger partial charge in [0.1, 0.15) is 4.88 Å². The molecule has 1 aromatic carbocycles. The molecule has 0 atom stereocenters. The number of nitrogens with one attached hydrogen (secondary N) is 2. The van der Waals surface area contributed by atoms with E-state index in [1.54, 1.807) is 38.1 Å².